The smallest absolute Gasteiger partial charge is 0.0811 e. The molecule has 2 heteroatoms. The van der Waals surface area contributed by atoms with Crippen LogP contribution in [0.3, 0.4) is 0 Å². The Morgan fingerprint density at radius 1 is 1.31 bits per heavy atom. The van der Waals surface area contributed by atoms with Gasteiger partial charge in [-0.25, -0.2) is 0 Å². The van der Waals surface area contributed by atoms with E-state index in [1.54, 1.807) is 0 Å². The van der Waals surface area contributed by atoms with Gasteiger partial charge in [0.2, 0.25) is 0 Å². The summed E-state index contributed by atoms with van der Waals surface area (Å²) in [5, 5.41) is 10.9. The van der Waals surface area contributed by atoms with E-state index in [9.17, 15) is 5.11 Å². The van der Waals surface area contributed by atoms with Crippen LogP contribution in [0.4, 0.5) is 0 Å². The van der Waals surface area contributed by atoms with Gasteiger partial charge in [-0.3, -0.25) is 0 Å². The average Bonchev–Trinajstić information content (AvgIpc) is 2.60. The Labute approximate surface area is 102 Å². The van der Waals surface area contributed by atoms with Crippen molar-refractivity contribution in [1.82, 2.24) is 0 Å². The zero-order valence-corrected chi connectivity index (χ0v) is 10.9. The third kappa shape index (κ3) is 2.44. The largest absolute Gasteiger partial charge is 0.388 e. The van der Waals surface area contributed by atoms with E-state index < -0.39 is 5.60 Å². The first-order valence-electron chi connectivity index (χ1n) is 6.06. The second kappa shape index (κ2) is 4.80. The fourth-order valence-electron chi connectivity index (χ4n) is 2.25. The third-order valence-electron chi connectivity index (χ3n) is 3.60. The second-order valence-corrected chi connectivity index (χ2v) is 6.16. The van der Waals surface area contributed by atoms with Gasteiger partial charge in [-0.2, -0.15) is 11.8 Å². The van der Waals surface area contributed by atoms with Crippen molar-refractivity contribution >= 4 is 11.8 Å². The quantitative estimate of drug-likeness (QED) is 0.870. The molecular weight excluding hydrogens is 216 g/mol. The number of hydrogen-bond donors (Lipinski definition) is 1. The van der Waals surface area contributed by atoms with Gasteiger partial charge in [-0.05, 0) is 29.7 Å². The number of benzene rings is 1. The number of thioether (sulfide) groups is 1. The summed E-state index contributed by atoms with van der Waals surface area (Å²) in [5.41, 5.74) is 2.14. The normalized spacial score (nSPS) is 29.6. The van der Waals surface area contributed by atoms with E-state index in [2.05, 4.69) is 38.1 Å². The van der Waals surface area contributed by atoms with E-state index in [0.717, 1.165) is 25.0 Å². The summed E-state index contributed by atoms with van der Waals surface area (Å²) in [6.07, 6.45) is 2.80. The zero-order valence-electron chi connectivity index (χ0n) is 10.1. The van der Waals surface area contributed by atoms with E-state index in [4.69, 9.17) is 0 Å². The van der Waals surface area contributed by atoms with Crippen LogP contribution in [0.1, 0.15) is 31.4 Å². The molecule has 1 fully saturated rings. The summed E-state index contributed by atoms with van der Waals surface area (Å²) in [6, 6.07) is 8.66. The second-order valence-electron chi connectivity index (χ2n) is 4.71. The highest BCUT2D eigenvalue weighted by Gasteiger charge is 2.38. The molecule has 2 atom stereocenters. The Kier molecular flexibility index (Phi) is 3.60. The summed E-state index contributed by atoms with van der Waals surface area (Å²) in [4.78, 5) is 0. The zero-order chi connectivity index (χ0) is 11.6. The molecule has 0 saturated carbocycles. The van der Waals surface area contributed by atoms with Crippen molar-refractivity contribution in [3.05, 3.63) is 35.4 Å². The molecule has 1 saturated heterocycles. The first-order chi connectivity index (χ1) is 7.64. The number of aliphatic hydroxyl groups is 1. The number of hydrogen-bond acceptors (Lipinski definition) is 2. The lowest BCUT2D eigenvalue weighted by Crippen LogP contribution is -2.36. The first-order valence-corrected chi connectivity index (χ1v) is 7.11. The molecule has 0 bridgehead atoms. The topological polar surface area (TPSA) is 20.2 Å². The fraction of sp³-hybridized carbons (Fsp3) is 0.571. The van der Waals surface area contributed by atoms with Crippen molar-refractivity contribution in [2.24, 2.45) is 0 Å². The molecule has 1 heterocycles. The highest BCUT2D eigenvalue weighted by atomic mass is 32.2. The van der Waals surface area contributed by atoms with Gasteiger partial charge < -0.3 is 5.11 Å². The Bertz CT molecular complexity index is 346. The minimum atomic E-state index is -0.488. The molecule has 1 N–H and O–H groups in total. The van der Waals surface area contributed by atoms with E-state index in [1.165, 1.54) is 11.1 Å². The van der Waals surface area contributed by atoms with Crippen LogP contribution >= 0.6 is 11.8 Å². The molecule has 1 aromatic carbocycles. The molecule has 0 aliphatic carbocycles. The lowest BCUT2D eigenvalue weighted by Gasteiger charge is -2.26. The third-order valence-corrected chi connectivity index (χ3v) is 4.98. The van der Waals surface area contributed by atoms with Crippen LogP contribution in [0.2, 0.25) is 0 Å². The maximum atomic E-state index is 10.5. The standard InChI is InChI=1S/C14H20OS/c1-3-12-4-6-13(7-5-12)10-14(15)8-9-16-11(14)2/h4-7,11,15H,3,8-10H2,1-2H3. The van der Waals surface area contributed by atoms with Crippen LogP contribution in [-0.2, 0) is 12.8 Å². The van der Waals surface area contributed by atoms with Gasteiger partial charge >= 0.3 is 0 Å². The Morgan fingerprint density at radius 3 is 2.44 bits per heavy atom. The van der Waals surface area contributed by atoms with E-state index in [0.29, 0.717) is 5.25 Å². The lowest BCUT2D eigenvalue weighted by molar-refractivity contribution is 0.0464. The Hall–Kier alpha value is -0.470. The van der Waals surface area contributed by atoms with E-state index in [-0.39, 0.29) is 0 Å². The summed E-state index contributed by atoms with van der Waals surface area (Å²) in [7, 11) is 0. The SMILES string of the molecule is CCc1ccc(CC2(O)CCSC2C)cc1. The van der Waals surface area contributed by atoms with Gasteiger partial charge in [0.1, 0.15) is 0 Å². The van der Waals surface area contributed by atoms with Gasteiger partial charge in [0.25, 0.3) is 0 Å². The number of aryl methyl sites for hydroxylation is 1. The van der Waals surface area contributed by atoms with Gasteiger partial charge in [0, 0.05) is 11.7 Å². The fourth-order valence-corrected chi connectivity index (χ4v) is 3.59. The molecule has 88 valence electrons. The van der Waals surface area contributed by atoms with E-state index >= 15 is 0 Å². The summed E-state index contributed by atoms with van der Waals surface area (Å²) in [6.45, 7) is 4.30. The number of rotatable bonds is 3. The molecular formula is C14H20OS. The van der Waals surface area contributed by atoms with Crippen molar-refractivity contribution in [3.8, 4) is 0 Å². The van der Waals surface area contributed by atoms with Gasteiger partial charge in [-0.1, -0.05) is 38.1 Å². The molecule has 1 aliphatic rings. The van der Waals surface area contributed by atoms with Gasteiger partial charge in [0.15, 0.2) is 0 Å². The molecule has 1 nitrogen and oxygen atoms in total. The molecule has 0 amide bonds. The molecule has 0 radical (unpaired) electrons. The monoisotopic (exact) mass is 236 g/mol. The van der Waals surface area contributed by atoms with Crippen molar-refractivity contribution in [1.29, 1.82) is 0 Å². The van der Waals surface area contributed by atoms with Crippen LogP contribution in [0.15, 0.2) is 24.3 Å². The van der Waals surface area contributed by atoms with Crippen LogP contribution in [-0.4, -0.2) is 21.7 Å². The minimum Gasteiger partial charge on any atom is -0.388 e. The van der Waals surface area contributed by atoms with Crippen LogP contribution in [0.5, 0.6) is 0 Å². The molecule has 0 spiro atoms. The lowest BCUT2D eigenvalue weighted by atomic mass is 9.89. The maximum absolute atomic E-state index is 10.5. The molecule has 1 aromatic rings. The summed E-state index contributed by atoms with van der Waals surface area (Å²) < 4.78 is 0. The first kappa shape index (κ1) is 12.0. The Morgan fingerprint density at radius 2 is 1.94 bits per heavy atom. The van der Waals surface area contributed by atoms with Crippen LogP contribution in [0.25, 0.3) is 0 Å². The van der Waals surface area contributed by atoms with E-state index in [1.807, 2.05) is 11.8 Å². The van der Waals surface area contributed by atoms with Crippen molar-refractivity contribution < 1.29 is 5.11 Å². The molecule has 0 aromatic heterocycles. The average molecular weight is 236 g/mol. The summed E-state index contributed by atoms with van der Waals surface area (Å²) >= 11 is 1.88. The minimum absolute atomic E-state index is 0.360. The van der Waals surface area contributed by atoms with Gasteiger partial charge in [-0.15, -0.1) is 0 Å². The predicted octanol–water partition coefficient (Wildman–Crippen LogP) is 3.05. The maximum Gasteiger partial charge on any atom is 0.0811 e. The van der Waals surface area contributed by atoms with Crippen molar-refractivity contribution in [2.45, 2.75) is 44.0 Å². The molecule has 2 unspecified atom stereocenters. The van der Waals surface area contributed by atoms with Crippen molar-refractivity contribution in [2.75, 3.05) is 5.75 Å². The Balaban J connectivity index is 2.08. The van der Waals surface area contributed by atoms with Gasteiger partial charge in [0.05, 0.1) is 5.60 Å². The molecule has 2 rings (SSSR count). The predicted molar refractivity (Wildman–Crippen MR) is 71.0 cm³/mol. The van der Waals surface area contributed by atoms with Crippen LogP contribution in [0, 0.1) is 0 Å². The van der Waals surface area contributed by atoms with Crippen LogP contribution < -0.4 is 0 Å². The molecule has 16 heavy (non-hydrogen) atoms. The highest BCUT2D eigenvalue weighted by Crippen LogP contribution is 2.37. The molecule has 1 aliphatic heterocycles. The van der Waals surface area contributed by atoms with Crippen molar-refractivity contribution in [3.63, 3.8) is 0 Å². The highest BCUT2D eigenvalue weighted by molar-refractivity contribution is 8.00. The summed E-state index contributed by atoms with van der Waals surface area (Å²) in [5.74, 6) is 1.09.